The third-order valence-corrected chi connectivity index (χ3v) is 3.21. The molecule has 0 amide bonds. The number of H-pyrrole nitrogens is 2. The van der Waals surface area contributed by atoms with Crippen LogP contribution in [-0.2, 0) is 17.6 Å². The predicted molar refractivity (Wildman–Crippen MR) is 77.3 cm³/mol. The molecule has 3 rings (SSSR count). The van der Waals surface area contributed by atoms with Gasteiger partial charge in [-0.3, -0.25) is 9.59 Å². The molecule has 7 nitrogen and oxygen atoms in total. The molecule has 0 spiro atoms. The summed E-state index contributed by atoms with van der Waals surface area (Å²) in [6.45, 7) is 0. The third-order valence-electron chi connectivity index (χ3n) is 3.21. The van der Waals surface area contributed by atoms with Gasteiger partial charge in [-0.25, -0.2) is 0 Å². The van der Waals surface area contributed by atoms with Gasteiger partial charge in [-0.05, 0) is 28.8 Å². The number of rotatable bonds is 6. The first-order valence-corrected chi connectivity index (χ1v) is 6.73. The van der Waals surface area contributed by atoms with Crippen molar-refractivity contribution in [3.8, 4) is 0 Å². The Morgan fingerprint density at radius 3 is 2.64 bits per heavy atom. The van der Waals surface area contributed by atoms with E-state index in [0.29, 0.717) is 5.69 Å². The van der Waals surface area contributed by atoms with Gasteiger partial charge >= 0.3 is 0 Å². The van der Waals surface area contributed by atoms with E-state index < -0.39 is 11.6 Å². The van der Waals surface area contributed by atoms with E-state index in [1.54, 1.807) is 0 Å². The molecule has 1 aromatic carbocycles. The predicted octanol–water partition coefficient (Wildman–Crippen LogP) is 1.11. The fraction of sp³-hybridized carbons (Fsp3) is 0.133. The van der Waals surface area contributed by atoms with Crippen LogP contribution < -0.4 is 0 Å². The molecule has 2 aromatic heterocycles. The maximum absolute atomic E-state index is 11.9. The van der Waals surface area contributed by atoms with Gasteiger partial charge in [0.2, 0.25) is 11.6 Å². The van der Waals surface area contributed by atoms with Crippen molar-refractivity contribution in [3.05, 3.63) is 65.2 Å². The topological polar surface area (TPSA) is 104 Å². The lowest BCUT2D eigenvalue weighted by atomic mass is 10.1. The number of hydrogen-bond acceptors (Lipinski definition) is 5. The van der Waals surface area contributed by atoms with E-state index in [0.717, 1.165) is 12.0 Å². The highest BCUT2D eigenvalue weighted by atomic mass is 16.2. The van der Waals surface area contributed by atoms with E-state index in [4.69, 9.17) is 0 Å². The number of hydrogen-bond donors (Lipinski definition) is 2. The highest BCUT2D eigenvalue weighted by Gasteiger charge is 2.21. The van der Waals surface area contributed by atoms with E-state index in [9.17, 15) is 9.59 Å². The molecule has 3 aromatic rings. The van der Waals surface area contributed by atoms with Crippen LogP contribution in [0.2, 0.25) is 0 Å². The second kappa shape index (κ2) is 6.13. The van der Waals surface area contributed by atoms with Gasteiger partial charge in [0.1, 0.15) is 0 Å². The van der Waals surface area contributed by atoms with Crippen LogP contribution >= 0.6 is 0 Å². The average molecular weight is 295 g/mol. The zero-order valence-electron chi connectivity index (χ0n) is 11.6. The van der Waals surface area contributed by atoms with Gasteiger partial charge in [-0.2, -0.15) is 5.21 Å². The minimum absolute atomic E-state index is 0.0117. The second-order valence-electron chi connectivity index (χ2n) is 4.86. The molecule has 7 heteroatoms. The number of benzene rings is 1. The van der Waals surface area contributed by atoms with Crippen molar-refractivity contribution in [1.82, 2.24) is 25.6 Å². The molecule has 0 aliphatic heterocycles. The number of carbonyl (C=O) groups excluding carboxylic acids is 2. The lowest BCUT2D eigenvalue weighted by molar-refractivity contribution is -0.114. The maximum atomic E-state index is 11.9. The first-order chi connectivity index (χ1) is 10.7. The molecule has 2 heterocycles. The average Bonchev–Trinajstić information content (AvgIpc) is 3.19. The molecule has 0 aliphatic carbocycles. The van der Waals surface area contributed by atoms with Crippen molar-refractivity contribution in [2.45, 2.75) is 12.8 Å². The Morgan fingerprint density at radius 2 is 1.91 bits per heavy atom. The molecule has 0 radical (unpaired) electrons. The number of aromatic nitrogens is 5. The van der Waals surface area contributed by atoms with Crippen LogP contribution in [-0.4, -0.2) is 37.2 Å². The lowest BCUT2D eigenvalue weighted by Gasteiger charge is -1.97. The Balaban J connectivity index is 1.64. The number of nitrogens with zero attached hydrogens (tertiary/aromatic N) is 3. The minimum atomic E-state index is -0.743. The number of ketones is 2. The van der Waals surface area contributed by atoms with Crippen molar-refractivity contribution in [3.63, 3.8) is 0 Å². The van der Waals surface area contributed by atoms with Crippen LogP contribution in [0.4, 0.5) is 0 Å². The Kier molecular flexibility index (Phi) is 3.86. The molecule has 0 saturated carbocycles. The van der Waals surface area contributed by atoms with Crippen LogP contribution in [0.5, 0.6) is 0 Å². The summed E-state index contributed by atoms with van der Waals surface area (Å²) >= 11 is 0. The molecule has 22 heavy (non-hydrogen) atoms. The first kappa shape index (κ1) is 13.9. The fourth-order valence-corrected chi connectivity index (χ4v) is 2.16. The molecule has 2 N–H and O–H groups in total. The smallest absolute Gasteiger partial charge is 0.269 e. The summed E-state index contributed by atoms with van der Waals surface area (Å²) in [5.74, 6) is -1.52. The van der Waals surface area contributed by atoms with E-state index in [1.165, 1.54) is 5.56 Å². The molecular weight excluding hydrogens is 282 g/mol. The van der Waals surface area contributed by atoms with Gasteiger partial charge in [0.15, 0.2) is 0 Å². The number of nitrogens with one attached hydrogen (secondary N) is 2. The summed E-state index contributed by atoms with van der Waals surface area (Å²) in [5.41, 5.74) is 2.93. The van der Waals surface area contributed by atoms with Crippen LogP contribution in [0, 0.1) is 0 Å². The third kappa shape index (κ3) is 3.14. The molecule has 0 aliphatic rings. The molecular formula is C15H13N5O2. The van der Waals surface area contributed by atoms with E-state index >= 15 is 0 Å². The van der Waals surface area contributed by atoms with Crippen molar-refractivity contribution in [1.29, 1.82) is 0 Å². The first-order valence-electron chi connectivity index (χ1n) is 6.73. The van der Waals surface area contributed by atoms with Gasteiger partial charge in [0.25, 0.3) is 5.78 Å². The summed E-state index contributed by atoms with van der Waals surface area (Å²) in [5, 5.41) is 12.4. The summed E-state index contributed by atoms with van der Waals surface area (Å²) < 4.78 is 0. The maximum Gasteiger partial charge on any atom is 0.269 e. The largest absolute Gasteiger partial charge is 0.364 e. The zero-order valence-corrected chi connectivity index (χ0v) is 11.6. The second-order valence-corrected chi connectivity index (χ2v) is 4.86. The van der Waals surface area contributed by atoms with Crippen LogP contribution in [0.3, 0.4) is 0 Å². The molecule has 0 bridgehead atoms. The van der Waals surface area contributed by atoms with Crippen molar-refractivity contribution in [2.75, 3.05) is 0 Å². The van der Waals surface area contributed by atoms with Crippen LogP contribution in [0.1, 0.15) is 27.4 Å². The highest BCUT2D eigenvalue weighted by molar-refractivity contribution is 6.42. The van der Waals surface area contributed by atoms with Gasteiger partial charge in [0.05, 0.1) is 6.42 Å². The van der Waals surface area contributed by atoms with Crippen molar-refractivity contribution >= 4 is 11.6 Å². The van der Waals surface area contributed by atoms with Gasteiger partial charge < -0.3 is 4.98 Å². The van der Waals surface area contributed by atoms with Crippen LogP contribution in [0.25, 0.3) is 0 Å². The monoisotopic (exact) mass is 295 g/mol. The summed E-state index contributed by atoms with van der Waals surface area (Å²) in [4.78, 5) is 26.7. The van der Waals surface area contributed by atoms with Gasteiger partial charge in [0, 0.05) is 11.9 Å². The molecule has 0 saturated heterocycles. The molecule has 0 unspecified atom stereocenters. The fourth-order valence-electron chi connectivity index (χ4n) is 2.16. The van der Waals surface area contributed by atoms with Crippen molar-refractivity contribution in [2.24, 2.45) is 0 Å². The molecule has 0 fully saturated rings. The van der Waals surface area contributed by atoms with Gasteiger partial charge in [-0.1, -0.05) is 30.3 Å². The van der Waals surface area contributed by atoms with Gasteiger partial charge in [-0.15, -0.1) is 10.2 Å². The zero-order chi connectivity index (χ0) is 15.4. The standard InChI is InChI=1S/C15H13N5O2/c21-13(14(22)15-17-19-20-18-15)8-12-7-11(9-16-12)6-10-4-2-1-3-5-10/h1-5,7,9,16H,6,8H2,(H,17,18,19,20). The SMILES string of the molecule is O=C(Cc1cc(Cc2ccccc2)c[nH]1)C(=O)c1nn[nH]n1. The number of aromatic amines is 2. The Hall–Kier alpha value is -3.09. The van der Waals surface area contributed by atoms with Crippen LogP contribution in [0.15, 0.2) is 42.6 Å². The highest BCUT2D eigenvalue weighted by Crippen LogP contribution is 2.11. The Labute approximate surface area is 125 Å². The number of Topliss-reactive ketones (excluding diaryl/α,β-unsaturated/α-hetero) is 2. The quantitative estimate of drug-likeness (QED) is 0.523. The minimum Gasteiger partial charge on any atom is -0.364 e. The Bertz CT molecular complexity index is 777. The Morgan fingerprint density at radius 1 is 1.09 bits per heavy atom. The molecule has 0 atom stereocenters. The van der Waals surface area contributed by atoms with Crippen molar-refractivity contribution < 1.29 is 9.59 Å². The normalized spacial score (nSPS) is 10.5. The summed E-state index contributed by atoms with van der Waals surface area (Å²) in [6, 6.07) is 11.9. The van der Waals surface area contributed by atoms with E-state index in [-0.39, 0.29) is 12.2 Å². The molecule has 110 valence electrons. The summed E-state index contributed by atoms with van der Waals surface area (Å²) in [7, 11) is 0. The summed E-state index contributed by atoms with van der Waals surface area (Å²) in [6.07, 6.45) is 2.60. The number of carbonyl (C=O) groups is 2. The number of tetrazole rings is 1. The van der Waals surface area contributed by atoms with E-state index in [1.807, 2.05) is 42.6 Å². The lowest BCUT2D eigenvalue weighted by Crippen LogP contribution is -2.18. The van der Waals surface area contributed by atoms with E-state index in [2.05, 4.69) is 25.6 Å².